The van der Waals surface area contributed by atoms with E-state index in [0.29, 0.717) is 35.6 Å². The number of thioether (sulfide) groups is 1. The van der Waals surface area contributed by atoms with Gasteiger partial charge in [0.15, 0.2) is 16.7 Å². The number of morpholine rings is 1. The van der Waals surface area contributed by atoms with Crippen LogP contribution >= 0.6 is 11.8 Å². The standard InChI is InChI=1S/C16H17N3O5S/c20-14(17-10-1-2-11-12(7-10)24-9-23-11)8-13-15(21)18-16(25-13)19-3-5-22-6-4-19/h1-2,7,13H,3-6,8-9H2,(H,17,20)/t13-/m1/s1. The lowest BCUT2D eigenvalue weighted by Gasteiger charge is -2.27. The lowest BCUT2D eigenvalue weighted by Crippen LogP contribution is -2.39. The van der Waals surface area contributed by atoms with Crippen LogP contribution in [0.1, 0.15) is 6.42 Å². The summed E-state index contributed by atoms with van der Waals surface area (Å²) >= 11 is 1.35. The monoisotopic (exact) mass is 363 g/mol. The molecular formula is C16H17N3O5S. The number of hydrogen-bond acceptors (Lipinski definition) is 7. The van der Waals surface area contributed by atoms with Crippen LogP contribution in [0.2, 0.25) is 0 Å². The number of aliphatic imine (C=N–C) groups is 1. The molecule has 4 rings (SSSR count). The van der Waals surface area contributed by atoms with Crippen molar-refractivity contribution in [1.82, 2.24) is 4.90 Å². The molecule has 3 heterocycles. The fourth-order valence-corrected chi connectivity index (χ4v) is 3.87. The van der Waals surface area contributed by atoms with E-state index in [0.717, 1.165) is 13.1 Å². The minimum absolute atomic E-state index is 0.0787. The minimum atomic E-state index is -0.480. The molecule has 2 amide bonds. The Hall–Kier alpha value is -2.26. The van der Waals surface area contributed by atoms with Gasteiger partial charge in [-0.2, -0.15) is 4.99 Å². The number of rotatable bonds is 3. The number of amides is 2. The van der Waals surface area contributed by atoms with Crippen LogP contribution in [-0.2, 0) is 14.3 Å². The van der Waals surface area contributed by atoms with Crippen LogP contribution in [0.25, 0.3) is 0 Å². The second-order valence-corrected chi connectivity index (χ2v) is 6.93. The Kier molecular flexibility index (Phi) is 4.50. The van der Waals surface area contributed by atoms with Gasteiger partial charge < -0.3 is 24.4 Å². The fourth-order valence-electron chi connectivity index (χ4n) is 2.75. The maximum absolute atomic E-state index is 12.3. The first-order valence-corrected chi connectivity index (χ1v) is 8.88. The zero-order chi connectivity index (χ0) is 17.2. The lowest BCUT2D eigenvalue weighted by atomic mass is 10.2. The number of ether oxygens (including phenoxy) is 3. The van der Waals surface area contributed by atoms with Crippen LogP contribution in [0.15, 0.2) is 23.2 Å². The van der Waals surface area contributed by atoms with Gasteiger partial charge >= 0.3 is 0 Å². The Morgan fingerprint density at radius 1 is 1.28 bits per heavy atom. The Morgan fingerprint density at radius 2 is 2.08 bits per heavy atom. The van der Waals surface area contributed by atoms with Crippen LogP contribution in [-0.4, -0.2) is 60.2 Å². The number of nitrogens with zero attached hydrogens (tertiary/aromatic N) is 2. The third kappa shape index (κ3) is 3.57. The number of hydrogen-bond donors (Lipinski definition) is 1. The summed E-state index contributed by atoms with van der Waals surface area (Å²) in [5.74, 6) is 0.764. The van der Waals surface area contributed by atoms with Gasteiger partial charge in [0.2, 0.25) is 12.7 Å². The summed E-state index contributed by atoms with van der Waals surface area (Å²) < 4.78 is 15.8. The summed E-state index contributed by atoms with van der Waals surface area (Å²) in [5, 5.41) is 3.00. The molecule has 8 nitrogen and oxygen atoms in total. The first-order chi connectivity index (χ1) is 12.2. The highest BCUT2D eigenvalue weighted by molar-refractivity contribution is 8.15. The van der Waals surface area contributed by atoms with E-state index in [4.69, 9.17) is 14.2 Å². The van der Waals surface area contributed by atoms with E-state index in [1.54, 1.807) is 18.2 Å². The fraction of sp³-hybridized carbons (Fsp3) is 0.438. The predicted molar refractivity (Wildman–Crippen MR) is 92.0 cm³/mol. The van der Waals surface area contributed by atoms with E-state index in [-0.39, 0.29) is 25.0 Å². The molecule has 0 aromatic heterocycles. The van der Waals surface area contributed by atoms with Gasteiger partial charge in [0.25, 0.3) is 5.91 Å². The van der Waals surface area contributed by atoms with E-state index in [2.05, 4.69) is 10.3 Å². The third-order valence-corrected chi connectivity index (χ3v) is 5.25. The van der Waals surface area contributed by atoms with Crippen molar-refractivity contribution < 1.29 is 23.8 Å². The van der Waals surface area contributed by atoms with Crippen LogP contribution in [0, 0.1) is 0 Å². The molecule has 0 aliphatic carbocycles. The highest BCUT2D eigenvalue weighted by Crippen LogP contribution is 2.34. The molecule has 0 bridgehead atoms. The molecule has 3 aliphatic rings. The van der Waals surface area contributed by atoms with Gasteiger partial charge in [-0.25, -0.2) is 0 Å². The Bertz CT molecular complexity index is 732. The predicted octanol–water partition coefficient (Wildman–Crippen LogP) is 1.07. The number of benzene rings is 1. The third-order valence-electron chi connectivity index (χ3n) is 4.04. The number of nitrogens with one attached hydrogen (secondary N) is 1. The van der Waals surface area contributed by atoms with Gasteiger partial charge in [-0.15, -0.1) is 0 Å². The average molecular weight is 363 g/mol. The summed E-state index contributed by atoms with van der Waals surface area (Å²) in [6, 6.07) is 5.19. The molecule has 1 atom stereocenters. The van der Waals surface area contributed by atoms with Crippen LogP contribution in [0.4, 0.5) is 5.69 Å². The molecular weight excluding hydrogens is 346 g/mol. The normalized spacial score (nSPS) is 22.1. The highest BCUT2D eigenvalue weighted by Gasteiger charge is 2.33. The molecule has 0 radical (unpaired) electrons. The van der Waals surface area contributed by atoms with Gasteiger partial charge in [-0.05, 0) is 12.1 Å². The van der Waals surface area contributed by atoms with Gasteiger partial charge in [-0.1, -0.05) is 11.8 Å². The van der Waals surface area contributed by atoms with Crippen LogP contribution < -0.4 is 14.8 Å². The maximum atomic E-state index is 12.3. The smallest absolute Gasteiger partial charge is 0.262 e. The summed E-state index contributed by atoms with van der Waals surface area (Å²) in [5.41, 5.74) is 0.610. The van der Waals surface area contributed by atoms with Crippen molar-refractivity contribution in [3.05, 3.63) is 18.2 Å². The molecule has 1 N–H and O–H groups in total. The average Bonchev–Trinajstić information content (AvgIpc) is 3.22. The molecule has 0 unspecified atom stereocenters. The zero-order valence-corrected chi connectivity index (χ0v) is 14.2. The first-order valence-electron chi connectivity index (χ1n) is 8.00. The van der Waals surface area contributed by atoms with Crippen molar-refractivity contribution in [2.24, 2.45) is 4.99 Å². The molecule has 1 aromatic carbocycles. The van der Waals surface area contributed by atoms with Crippen molar-refractivity contribution in [1.29, 1.82) is 0 Å². The van der Waals surface area contributed by atoms with Gasteiger partial charge in [0.1, 0.15) is 5.25 Å². The number of carbonyl (C=O) groups is 2. The van der Waals surface area contributed by atoms with Crippen molar-refractivity contribution in [2.75, 3.05) is 38.4 Å². The zero-order valence-electron chi connectivity index (χ0n) is 13.4. The summed E-state index contributed by atoms with van der Waals surface area (Å²) in [6.45, 7) is 2.87. The van der Waals surface area contributed by atoms with E-state index in [1.807, 2.05) is 4.90 Å². The van der Waals surface area contributed by atoms with Gasteiger partial charge in [-0.3, -0.25) is 9.59 Å². The van der Waals surface area contributed by atoms with E-state index in [1.165, 1.54) is 11.8 Å². The topological polar surface area (TPSA) is 89.5 Å². The molecule has 1 fully saturated rings. The molecule has 0 saturated carbocycles. The number of carbonyl (C=O) groups excluding carboxylic acids is 2. The molecule has 132 valence electrons. The molecule has 1 saturated heterocycles. The lowest BCUT2D eigenvalue weighted by molar-refractivity contribution is -0.121. The van der Waals surface area contributed by atoms with Crippen molar-refractivity contribution in [3.63, 3.8) is 0 Å². The maximum Gasteiger partial charge on any atom is 0.262 e. The second-order valence-electron chi connectivity index (χ2n) is 5.76. The molecule has 1 aromatic rings. The van der Waals surface area contributed by atoms with Crippen molar-refractivity contribution >= 4 is 34.4 Å². The minimum Gasteiger partial charge on any atom is -0.454 e. The van der Waals surface area contributed by atoms with Crippen molar-refractivity contribution in [2.45, 2.75) is 11.7 Å². The summed E-state index contributed by atoms with van der Waals surface area (Å²) in [6.07, 6.45) is 0.0787. The highest BCUT2D eigenvalue weighted by atomic mass is 32.2. The Morgan fingerprint density at radius 3 is 2.92 bits per heavy atom. The van der Waals surface area contributed by atoms with E-state index in [9.17, 15) is 9.59 Å². The van der Waals surface area contributed by atoms with Gasteiger partial charge in [0.05, 0.1) is 13.2 Å². The summed E-state index contributed by atoms with van der Waals surface area (Å²) in [7, 11) is 0. The van der Waals surface area contributed by atoms with Gasteiger partial charge in [0, 0.05) is 31.3 Å². The van der Waals surface area contributed by atoms with E-state index < -0.39 is 5.25 Å². The Labute approximate surface area is 148 Å². The quantitative estimate of drug-likeness (QED) is 0.859. The molecule has 9 heteroatoms. The number of amidine groups is 1. The van der Waals surface area contributed by atoms with Crippen LogP contribution in [0.3, 0.4) is 0 Å². The first kappa shape index (κ1) is 16.2. The Balaban J connectivity index is 1.33. The number of fused-ring (bicyclic) bond motifs is 1. The molecule has 3 aliphatic heterocycles. The molecule has 25 heavy (non-hydrogen) atoms. The number of anilines is 1. The second kappa shape index (κ2) is 6.93. The van der Waals surface area contributed by atoms with Crippen molar-refractivity contribution in [3.8, 4) is 11.5 Å². The largest absolute Gasteiger partial charge is 0.454 e. The van der Waals surface area contributed by atoms with E-state index >= 15 is 0 Å². The summed E-state index contributed by atoms with van der Waals surface area (Å²) in [4.78, 5) is 30.5. The van der Waals surface area contributed by atoms with Crippen LogP contribution in [0.5, 0.6) is 11.5 Å². The SMILES string of the molecule is O=C(C[C@H]1SC(N2CCOCC2)=NC1=O)Nc1ccc2c(c1)OCO2. The molecule has 0 spiro atoms.